The van der Waals surface area contributed by atoms with E-state index >= 15 is 0 Å². The molecule has 5 heterocycles. The highest BCUT2D eigenvalue weighted by atomic mass is 19.3. The van der Waals surface area contributed by atoms with Gasteiger partial charge in [-0.1, -0.05) is 25.1 Å². The van der Waals surface area contributed by atoms with Crippen LogP contribution in [0.1, 0.15) is 31.2 Å². The van der Waals surface area contributed by atoms with Crippen LogP contribution in [0.15, 0.2) is 71.6 Å². The van der Waals surface area contributed by atoms with Gasteiger partial charge in [0.1, 0.15) is 11.2 Å². The average Bonchev–Trinajstić information content (AvgIpc) is 3.67. The third kappa shape index (κ3) is 5.14. The number of aromatic amines is 2. The number of alkyl halides is 2. The Bertz CT molecular complexity index is 1700. The van der Waals surface area contributed by atoms with Gasteiger partial charge in [0.2, 0.25) is 0 Å². The van der Waals surface area contributed by atoms with E-state index in [2.05, 4.69) is 55.3 Å². The lowest BCUT2D eigenvalue weighted by atomic mass is 9.92. The molecule has 1 fully saturated rings. The van der Waals surface area contributed by atoms with Gasteiger partial charge in [0.15, 0.2) is 5.82 Å². The molecule has 0 saturated carbocycles. The number of imidazole rings is 1. The van der Waals surface area contributed by atoms with Gasteiger partial charge in [0.25, 0.3) is 5.92 Å². The van der Waals surface area contributed by atoms with Crippen molar-refractivity contribution < 1.29 is 8.78 Å². The highest BCUT2D eigenvalue weighted by Crippen LogP contribution is 2.33. The van der Waals surface area contributed by atoms with E-state index in [-0.39, 0.29) is 18.9 Å². The number of likely N-dealkylation sites (tertiary alicyclic amines) is 1. The minimum atomic E-state index is -2.62. The van der Waals surface area contributed by atoms with E-state index < -0.39 is 5.92 Å². The summed E-state index contributed by atoms with van der Waals surface area (Å²) in [5.74, 6) is -1.90. The van der Waals surface area contributed by atoms with Crippen molar-refractivity contribution in [2.75, 3.05) is 26.7 Å². The molecular formula is C30H30F2N8. The number of allylic oxidation sites excluding steroid dienone is 1. The smallest absolute Gasteiger partial charge is 0.261 e. The summed E-state index contributed by atoms with van der Waals surface area (Å²) in [6.45, 7) is 2.75. The number of nitrogens with one attached hydrogen (secondary N) is 2. The number of aliphatic imine (C=N–C) groups is 1. The zero-order valence-corrected chi connectivity index (χ0v) is 22.4. The van der Waals surface area contributed by atoms with Crippen LogP contribution in [0.2, 0.25) is 0 Å². The van der Waals surface area contributed by atoms with Gasteiger partial charge in [-0.2, -0.15) is 5.10 Å². The number of H-pyrrole nitrogens is 2. The van der Waals surface area contributed by atoms with Crippen molar-refractivity contribution in [3.05, 3.63) is 72.2 Å². The first-order valence-electron chi connectivity index (χ1n) is 13.4. The number of hydrogen-bond acceptors (Lipinski definition) is 6. The van der Waals surface area contributed by atoms with E-state index in [1.54, 1.807) is 36.8 Å². The lowest BCUT2D eigenvalue weighted by molar-refractivity contribution is 0.0132. The minimum absolute atomic E-state index is 0.0823. The van der Waals surface area contributed by atoms with Crippen LogP contribution in [0, 0.1) is 0 Å². The van der Waals surface area contributed by atoms with Gasteiger partial charge in [0, 0.05) is 62.0 Å². The lowest BCUT2D eigenvalue weighted by Gasteiger charge is -2.18. The second-order valence-corrected chi connectivity index (χ2v) is 10.2. The van der Waals surface area contributed by atoms with Gasteiger partial charge in [-0.3, -0.25) is 25.0 Å². The van der Waals surface area contributed by atoms with Gasteiger partial charge in [0.05, 0.1) is 29.5 Å². The predicted octanol–water partition coefficient (Wildman–Crippen LogP) is 6.02. The molecule has 5 aromatic rings. The van der Waals surface area contributed by atoms with Crippen molar-refractivity contribution in [2.24, 2.45) is 4.99 Å². The maximum atomic E-state index is 13.8. The summed E-state index contributed by atoms with van der Waals surface area (Å²) in [5.41, 5.74) is 6.89. The average molecular weight is 541 g/mol. The Morgan fingerprint density at radius 2 is 2.10 bits per heavy atom. The van der Waals surface area contributed by atoms with Crippen molar-refractivity contribution in [2.45, 2.75) is 31.6 Å². The Labute approximate surface area is 230 Å². The van der Waals surface area contributed by atoms with Crippen molar-refractivity contribution in [1.82, 2.24) is 35.0 Å². The molecule has 0 bridgehead atoms. The van der Waals surface area contributed by atoms with Crippen LogP contribution in [0.25, 0.3) is 44.7 Å². The zero-order chi connectivity index (χ0) is 27.7. The molecule has 1 aromatic carbocycles. The summed E-state index contributed by atoms with van der Waals surface area (Å²) in [4.78, 5) is 23.1. The fourth-order valence-electron chi connectivity index (χ4n) is 5.41. The molecule has 10 heteroatoms. The second-order valence-electron chi connectivity index (χ2n) is 10.2. The molecule has 4 aromatic heterocycles. The van der Waals surface area contributed by atoms with E-state index in [1.165, 1.54) is 0 Å². The maximum Gasteiger partial charge on any atom is 0.261 e. The third-order valence-electron chi connectivity index (χ3n) is 7.38. The third-order valence-corrected chi connectivity index (χ3v) is 7.38. The van der Waals surface area contributed by atoms with Crippen LogP contribution < -0.4 is 0 Å². The Kier molecular flexibility index (Phi) is 6.93. The van der Waals surface area contributed by atoms with E-state index in [9.17, 15) is 8.78 Å². The summed E-state index contributed by atoms with van der Waals surface area (Å²) >= 11 is 0. The van der Waals surface area contributed by atoms with Crippen LogP contribution in [0.5, 0.6) is 0 Å². The molecule has 204 valence electrons. The van der Waals surface area contributed by atoms with E-state index in [4.69, 9.17) is 4.98 Å². The first-order valence-corrected chi connectivity index (χ1v) is 13.4. The topological polar surface area (TPSA) is 98.7 Å². The van der Waals surface area contributed by atoms with E-state index in [1.807, 2.05) is 24.3 Å². The van der Waals surface area contributed by atoms with Gasteiger partial charge in [-0.05, 0) is 41.8 Å². The molecule has 0 spiro atoms. The van der Waals surface area contributed by atoms with Gasteiger partial charge >= 0.3 is 0 Å². The zero-order valence-electron chi connectivity index (χ0n) is 22.4. The highest BCUT2D eigenvalue weighted by Gasteiger charge is 2.38. The Balaban J connectivity index is 1.35. The molecule has 6 rings (SSSR count). The molecule has 1 aliphatic rings. The number of hydrogen-bond donors (Lipinski definition) is 2. The molecule has 0 aliphatic carbocycles. The summed E-state index contributed by atoms with van der Waals surface area (Å²) in [5, 5.41) is 8.66. The van der Waals surface area contributed by atoms with Crippen LogP contribution in [-0.4, -0.2) is 73.9 Å². The highest BCUT2D eigenvalue weighted by molar-refractivity contribution is 5.96. The molecule has 2 N–H and O–H groups in total. The number of benzene rings is 1. The Hall–Kier alpha value is -4.31. The number of nitrogens with zero attached hydrogens (tertiary/aromatic N) is 6. The van der Waals surface area contributed by atoms with E-state index in [0.29, 0.717) is 24.6 Å². The standard InChI is InChI=1S/C30H30F2N8/c1-3-20(12-19(14-33-2)17-40-11-9-30(31,32)18-40)21-7-8-25-22(13-21)28(39-38-25)29-36-26-16-34-15-23(27(26)37-29)24-6-4-5-10-35-24/h4-8,10,12-16,20H,3,9,11,17-18H2,1-2H3,(H,36,37)(H,38,39)/b19-12+,33-14-. The van der Waals surface area contributed by atoms with Gasteiger partial charge in [-0.15, -0.1) is 0 Å². The normalized spacial score (nSPS) is 16.9. The first kappa shape index (κ1) is 25.9. The summed E-state index contributed by atoms with van der Waals surface area (Å²) in [7, 11) is 1.71. The van der Waals surface area contributed by atoms with Crippen molar-refractivity contribution in [3.63, 3.8) is 0 Å². The number of pyridine rings is 2. The fraction of sp³-hybridized carbons (Fsp3) is 0.300. The molecule has 0 radical (unpaired) electrons. The maximum absolute atomic E-state index is 13.8. The summed E-state index contributed by atoms with van der Waals surface area (Å²) in [6.07, 6.45) is 9.96. The van der Waals surface area contributed by atoms with Crippen LogP contribution in [-0.2, 0) is 0 Å². The van der Waals surface area contributed by atoms with Crippen LogP contribution in [0.4, 0.5) is 8.78 Å². The van der Waals surface area contributed by atoms with E-state index in [0.717, 1.165) is 50.8 Å². The Morgan fingerprint density at radius 3 is 2.85 bits per heavy atom. The molecule has 1 unspecified atom stereocenters. The van der Waals surface area contributed by atoms with Crippen molar-refractivity contribution >= 4 is 28.2 Å². The number of halogens is 2. The predicted molar refractivity (Wildman–Crippen MR) is 154 cm³/mol. The number of rotatable bonds is 8. The number of fused-ring (bicyclic) bond motifs is 2. The minimum Gasteiger partial charge on any atom is -0.335 e. The van der Waals surface area contributed by atoms with Crippen LogP contribution >= 0.6 is 0 Å². The SMILES string of the molecule is CCC(/C=C(\C=N/C)CN1CCC(F)(F)C1)c1ccc2[nH]nc(-c3nc4c(-c5ccccn5)cncc4[nH]3)c2c1. The lowest BCUT2D eigenvalue weighted by Crippen LogP contribution is -2.27. The summed E-state index contributed by atoms with van der Waals surface area (Å²) in [6, 6.07) is 12.0. The van der Waals surface area contributed by atoms with Gasteiger partial charge < -0.3 is 4.98 Å². The molecule has 0 amide bonds. The monoisotopic (exact) mass is 540 g/mol. The van der Waals surface area contributed by atoms with Crippen molar-refractivity contribution in [1.29, 1.82) is 0 Å². The second kappa shape index (κ2) is 10.7. The molecule has 1 atom stereocenters. The summed E-state index contributed by atoms with van der Waals surface area (Å²) < 4.78 is 27.6. The fourth-order valence-corrected chi connectivity index (χ4v) is 5.41. The molecular weight excluding hydrogens is 510 g/mol. The van der Waals surface area contributed by atoms with Gasteiger partial charge in [-0.25, -0.2) is 13.8 Å². The molecule has 1 aliphatic heterocycles. The quantitative estimate of drug-likeness (QED) is 0.234. The van der Waals surface area contributed by atoms with Crippen molar-refractivity contribution in [3.8, 4) is 22.8 Å². The molecule has 8 nitrogen and oxygen atoms in total. The first-order chi connectivity index (χ1) is 19.4. The molecule has 1 saturated heterocycles. The molecule has 40 heavy (non-hydrogen) atoms. The van der Waals surface area contributed by atoms with Crippen LogP contribution in [0.3, 0.4) is 0 Å². The Morgan fingerprint density at radius 1 is 1.20 bits per heavy atom. The number of aromatic nitrogens is 6. The largest absolute Gasteiger partial charge is 0.335 e.